The summed E-state index contributed by atoms with van der Waals surface area (Å²) in [4.78, 5) is 4.72. The van der Waals surface area contributed by atoms with Crippen LogP contribution in [0.15, 0.2) is 54.6 Å². The van der Waals surface area contributed by atoms with Gasteiger partial charge in [-0.15, -0.1) is 35.9 Å². The van der Waals surface area contributed by atoms with E-state index in [1.54, 1.807) is 0 Å². The van der Waals surface area contributed by atoms with Crippen molar-refractivity contribution < 1.29 is 30.3 Å². The first-order chi connectivity index (χ1) is 17.1. The number of aliphatic hydroxyl groups is 2. The maximum atomic E-state index is 10.8. The third-order valence-corrected chi connectivity index (χ3v) is 8.82. The number of rotatable bonds is 2. The van der Waals surface area contributed by atoms with E-state index in [0.717, 1.165) is 36.0 Å². The first-order valence-corrected chi connectivity index (χ1v) is 13.9. The fourth-order valence-corrected chi connectivity index (χ4v) is 6.28. The van der Waals surface area contributed by atoms with E-state index in [2.05, 4.69) is 71.0 Å². The number of hydrogen-bond donors (Lipinski definition) is 2. The molecule has 5 rings (SSSR count). The van der Waals surface area contributed by atoms with Crippen LogP contribution in [-0.4, -0.2) is 27.4 Å². The van der Waals surface area contributed by atoms with Gasteiger partial charge in [-0.25, -0.2) is 0 Å². The molecule has 1 heterocycles. The molecule has 2 N–H and O–H groups in total. The molecule has 2 aliphatic rings. The Morgan fingerprint density at radius 1 is 0.892 bits per heavy atom. The molecule has 2 fully saturated rings. The maximum absolute atomic E-state index is 10.8. The average molecular weight is 679 g/mol. The number of aliphatic hydroxyl groups excluding tert-OH is 2. The minimum Gasteiger partial charge on any atom is -0.392 e. The Bertz CT molecular complexity index is 1120. The van der Waals surface area contributed by atoms with Crippen LogP contribution >= 0.6 is 0 Å². The molecular formula is C33H44IrNO2-. The number of pyridine rings is 1. The molecule has 0 spiro atoms. The second kappa shape index (κ2) is 12.5. The van der Waals surface area contributed by atoms with Crippen molar-refractivity contribution in [2.75, 3.05) is 0 Å². The molecule has 2 saturated carbocycles. The minimum absolute atomic E-state index is 0. The number of benzene rings is 2. The maximum Gasteiger partial charge on any atom is 0.0646 e. The van der Waals surface area contributed by atoms with Crippen LogP contribution in [0.1, 0.15) is 78.7 Å². The summed E-state index contributed by atoms with van der Waals surface area (Å²) in [6.45, 7) is 10.8. The summed E-state index contributed by atoms with van der Waals surface area (Å²) in [7, 11) is 0. The molecule has 2 unspecified atom stereocenters. The summed E-state index contributed by atoms with van der Waals surface area (Å²) in [5.74, 6) is 0.582. The molecule has 1 aromatic heterocycles. The zero-order valence-corrected chi connectivity index (χ0v) is 25.5. The number of nitrogens with zero attached hydrogens (tertiary/aromatic N) is 1. The fourth-order valence-electron chi connectivity index (χ4n) is 6.28. The molecule has 0 aliphatic heterocycles. The molecule has 0 amide bonds. The van der Waals surface area contributed by atoms with Crippen LogP contribution in [0.3, 0.4) is 0 Å². The van der Waals surface area contributed by atoms with E-state index >= 15 is 0 Å². The van der Waals surface area contributed by atoms with Crippen molar-refractivity contribution in [1.82, 2.24) is 4.98 Å². The van der Waals surface area contributed by atoms with Crippen molar-refractivity contribution in [3.05, 3.63) is 66.2 Å². The predicted molar refractivity (Wildman–Crippen MR) is 150 cm³/mol. The zero-order chi connectivity index (χ0) is 25.9. The van der Waals surface area contributed by atoms with Crippen LogP contribution in [0.25, 0.3) is 22.2 Å². The third kappa shape index (κ3) is 6.90. The average Bonchev–Trinajstić information content (AvgIpc) is 3.06. The van der Waals surface area contributed by atoms with E-state index in [9.17, 15) is 10.2 Å². The standard InChI is InChI=1S/C17H14N.C16H30O2.Ir/c1-2-13-8-9-15-10-11-16(18-17(15)12-13)14-6-4-3-5-7-14;1-15(2)9-5-7-11-8-6-10-16(3,4)14(18)12(11)13(15)17;/h3-6,8-12H,2H2,1H3;11-14,17-18H,5-10H2,1-4H3;/q-1;;. The van der Waals surface area contributed by atoms with Gasteiger partial charge >= 0.3 is 0 Å². The Kier molecular flexibility index (Phi) is 10.1. The second-order valence-corrected chi connectivity index (χ2v) is 12.3. The van der Waals surface area contributed by atoms with Crippen molar-refractivity contribution in [1.29, 1.82) is 0 Å². The Labute approximate surface area is 237 Å². The smallest absolute Gasteiger partial charge is 0.0646 e. The van der Waals surface area contributed by atoms with Gasteiger partial charge in [0.05, 0.1) is 17.7 Å². The van der Waals surface area contributed by atoms with E-state index in [0.29, 0.717) is 5.92 Å². The molecule has 2 atom stereocenters. The molecule has 1 radical (unpaired) electrons. The van der Waals surface area contributed by atoms with Crippen molar-refractivity contribution in [3.8, 4) is 11.3 Å². The van der Waals surface area contributed by atoms with Crippen molar-refractivity contribution >= 4 is 10.9 Å². The van der Waals surface area contributed by atoms with E-state index in [4.69, 9.17) is 4.98 Å². The van der Waals surface area contributed by atoms with Gasteiger partial charge in [0.1, 0.15) is 0 Å². The van der Waals surface area contributed by atoms with E-state index in [1.807, 2.05) is 24.3 Å². The molecule has 203 valence electrons. The number of aryl methyl sites for hydroxylation is 1. The van der Waals surface area contributed by atoms with Gasteiger partial charge in [0.25, 0.3) is 0 Å². The Morgan fingerprint density at radius 3 is 2.08 bits per heavy atom. The molecule has 0 saturated heterocycles. The first kappa shape index (κ1) is 30.0. The molecule has 37 heavy (non-hydrogen) atoms. The summed E-state index contributed by atoms with van der Waals surface area (Å²) < 4.78 is 0. The van der Waals surface area contributed by atoms with Gasteiger partial charge in [0.2, 0.25) is 0 Å². The minimum atomic E-state index is -0.364. The second-order valence-electron chi connectivity index (χ2n) is 12.3. The van der Waals surface area contributed by atoms with E-state index in [1.165, 1.54) is 36.6 Å². The summed E-state index contributed by atoms with van der Waals surface area (Å²) in [5.41, 5.74) is 4.30. The summed E-state index contributed by atoms with van der Waals surface area (Å²) in [6, 6.07) is 21.8. The van der Waals surface area contributed by atoms with Crippen molar-refractivity contribution in [2.45, 2.75) is 91.8 Å². The summed E-state index contributed by atoms with van der Waals surface area (Å²) in [5, 5.41) is 22.7. The van der Waals surface area contributed by atoms with Crippen LogP contribution < -0.4 is 0 Å². The first-order valence-electron chi connectivity index (χ1n) is 13.9. The van der Waals surface area contributed by atoms with Gasteiger partial charge in [0, 0.05) is 26.0 Å². The largest absolute Gasteiger partial charge is 0.392 e. The molecule has 3 nitrogen and oxygen atoms in total. The van der Waals surface area contributed by atoms with Gasteiger partial charge in [0.15, 0.2) is 0 Å². The molecule has 2 aromatic carbocycles. The Morgan fingerprint density at radius 2 is 1.51 bits per heavy atom. The predicted octanol–water partition coefficient (Wildman–Crippen LogP) is 7.62. The van der Waals surface area contributed by atoms with Gasteiger partial charge in [-0.2, -0.15) is 0 Å². The van der Waals surface area contributed by atoms with Crippen molar-refractivity contribution in [2.24, 2.45) is 22.7 Å². The number of fused-ring (bicyclic) bond motifs is 2. The molecule has 4 heteroatoms. The van der Waals surface area contributed by atoms with Crippen LogP contribution in [0.5, 0.6) is 0 Å². The summed E-state index contributed by atoms with van der Waals surface area (Å²) >= 11 is 0. The summed E-state index contributed by atoms with van der Waals surface area (Å²) in [6.07, 6.45) is 7.21. The van der Waals surface area contributed by atoms with Crippen LogP contribution in [-0.2, 0) is 26.5 Å². The SMILES string of the molecule is CC1(C)CCCC2CCCC(C)(C)C(O)C2C1O.CCc1ccc2ccc(-c3[c-]cccc3)nc2c1.[Ir]. The van der Waals surface area contributed by atoms with E-state index < -0.39 is 0 Å². The molecular weight excluding hydrogens is 635 g/mol. The van der Waals surface area contributed by atoms with Gasteiger partial charge in [-0.05, 0) is 71.6 Å². The topological polar surface area (TPSA) is 53.4 Å². The zero-order valence-electron chi connectivity index (χ0n) is 23.1. The normalized spacial score (nSPS) is 26.5. The van der Waals surface area contributed by atoms with Gasteiger partial charge in [-0.3, -0.25) is 4.98 Å². The Balaban J connectivity index is 0.000000200. The molecule has 0 bridgehead atoms. The molecule has 3 aromatic rings. The number of aromatic nitrogens is 1. The van der Waals surface area contributed by atoms with Crippen LogP contribution in [0.4, 0.5) is 0 Å². The van der Waals surface area contributed by atoms with Crippen LogP contribution in [0.2, 0.25) is 0 Å². The van der Waals surface area contributed by atoms with Gasteiger partial charge in [-0.1, -0.05) is 71.7 Å². The monoisotopic (exact) mass is 679 g/mol. The van der Waals surface area contributed by atoms with Gasteiger partial charge < -0.3 is 10.2 Å². The Hall–Kier alpha value is -1.58. The molecule has 2 aliphatic carbocycles. The van der Waals surface area contributed by atoms with Crippen molar-refractivity contribution in [3.63, 3.8) is 0 Å². The fraction of sp³-hybridized carbons (Fsp3) is 0.545. The number of hydrogen-bond acceptors (Lipinski definition) is 3. The quantitative estimate of drug-likeness (QED) is 0.274. The van der Waals surface area contributed by atoms with E-state index in [-0.39, 0.29) is 49.1 Å². The van der Waals surface area contributed by atoms with Crippen LogP contribution in [0, 0.1) is 28.7 Å². The third-order valence-electron chi connectivity index (χ3n) is 8.82.